The minimum Gasteiger partial charge on any atom is -0.476 e. The van der Waals surface area contributed by atoms with Crippen molar-refractivity contribution in [1.82, 2.24) is 15.0 Å². The van der Waals surface area contributed by atoms with Crippen LogP contribution in [0.15, 0.2) is 46.3 Å². The van der Waals surface area contributed by atoms with Gasteiger partial charge in [0.25, 0.3) is 5.91 Å². The summed E-state index contributed by atoms with van der Waals surface area (Å²) in [6, 6.07) is 10.5. The van der Waals surface area contributed by atoms with E-state index >= 15 is 0 Å². The SMILES string of the molecule is CN(Cc1nc(-c2cccs2)no1)C(=O)[C@@H]1CN(S(C)(=O)=O)c2ccccc2O1. The fourth-order valence-electron chi connectivity index (χ4n) is 3.00. The molecule has 0 spiro atoms. The van der Waals surface area contributed by atoms with Crippen molar-refractivity contribution >= 4 is 33.0 Å². The van der Waals surface area contributed by atoms with Crippen molar-refractivity contribution in [2.24, 2.45) is 0 Å². The second kappa shape index (κ2) is 7.48. The first-order valence-electron chi connectivity index (χ1n) is 8.68. The van der Waals surface area contributed by atoms with Crippen LogP contribution in [0.5, 0.6) is 5.75 Å². The number of amides is 1. The fourth-order valence-corrected chi connectivity index (χ4v) is 4.56. The molecule has 9 nitrogen and oxygen atoms in total. The maximum atomic E-state index is 12.9. The molecule has 0 unspecified atom stereocenters. The highest BCUT2D eigenvalue weighted by molar-refractivity contribution is 7.92. The van der Waals surface area contributed by atoms with E-state index < -0.39 is 16.1 Å². The number of sulfonamides is 1. The molecule has 1 amide bonds. The van der Waals surface area contributed by atoms with Crippen molar-refractivity contribution in [3.8, 4) is 16.5 Å². The Labute approximate surface area is 171 Å². The van der Waals surface area contributed by atoms with E-state index in [1.807, 2.05) is 17.5 Å². The van der Waals surface area contributed by atoms with Gasteiger partial charge in [-0.2, -0.15) is 4.98 Å². The summed E-state index contributed by atoms with van der Waals surface area (Å²) in [4.78, 5) is 19.5. The molecule has 152 valence electrons. The number of carbonyl (C=O) groups is 1. The molecule has 1 aromatic carbocycles. The zero-order valence-electron chi connectivity index (χ0n) is 15.7. The number of thiophene rings is 1. The first-order chi connectivity index (χ1) is 13.8. The van der Waals surface area contributed by atoms with E-state index in [2.05, 4.69) is 10.1 Å². The number of benzene rings is 1. The Morgan fingerprint density at radius 3 is 2.83 bits per heavy atom. The summed E-state index contributed by atoms with van der Waals surface area (Å²) >= 11 is 1.49. The van der Waals surface area contributed by atoms with Crippen molar-refractivity contribution in [1.29, 1.82) is 0 Å². The van der Waals surface area contributed by atoms with Gasteiger partial charge in [0, 0.05) is 7.05 Å². The maximum absolute atomic E-state index is 12.9. The van der Waals surface area contributed by atoms with Crippen LogP contribution in [0.2, 0.25) is 0 Å². The lowest BCUT2D eigenvalue weighted by Gasteiger charge is -2.35. The van der Waals surface area contributed by atoms with E-state index in [9.17, 15) is 13.2 Å². The Balaban J connectivity index is 1.50. The maximum Gasteiger partial charge on any atom is 0.265 e. The molecular formula is C18H18N4O5S2. The van der Waals surface area contributed by atoms with Gasteiger partial charge in [-0.1, -0.05) is 23.4 Å². The summed E-state index contributed by atoms with van der Waals surface area (Å²) in [5.41, 5.74) is 0.416. The van der Waals surface area contributed by atoms with Crippen LogP contribution in [0.4, 0.5) is 5.69 Å². The number of para-hydroxylation sites is 2. The zero-order chi connectivity index (χ0) is 20.6. The third-order valence-corrected chi connectivity index (χ3v) is 6.38. The molecule has 11 heteroatoms. The Morgan fingerprint density at radius 2 is 2.10 bits per heavy atom. The molecule has 3 heterocycles. The average molecular weight is 434 g/mol. The van der Waals surface area contributed by atoms with Gasteiger partial charge >= 0.3 is 0 Å². The Bertz CT molecular complexity index is 1130. The minimum absolute atomic E-state index is 0.0809. The van der Waals surface area contributed by atoms with Crippen LogP contribution in [0.3, 0.4) is 0 Å². The highest BCUT2D eigenvalue weighted by Gasteiger charge is 2.36. The number of ether oxygens (including phenoxy) is 1. The molecule has 29 heavy (non-hydrogen) atoms. The molecule has 0 N–H and O–H groups in total. The zero-order valence-corrected chi connectivity index (χ0v) is 17.3. The topological polar surface area (TPSA) is 106 Å². The summed E-state index contributed by atoms with van der Waals surface area (Å²) < 4.78 is 36.6. The number of rotatable bonds is 5. The lowest BCUT2D eigenvalue weighted by Crippen LogP contribution is -2.50. The van der Waals surface area contributed by atoms with Gasteiger partial charge in [0.05, 0.1) is 29.9 Å². The van der Waals surface area contributed by atoms with Gasteiger partial charge in [0.2, 0.25) is 21.7 Å². The normalized spacial score (nSPS) is 16.2. The molecule has 4 rings (SSSR count). The van der Waals surface area contributed by atoms with Crippen LogP contribution >= 0.6 is 11.3 Å². The van der Waals surface area contributed by atoms with Gasteiger partial charge in [0.15, 0.2) is 6.10 Å². The molecule has 0 fully saturated rings. The van der Waals surface area contributed by atoms with Crippen LogP contribution in [0.25, 0.3) is 10.7 Å². The van der Waals surface area contributed by atoms with E-state index in [-0.39, 0.29) is 24.9 Å². The predicted octanol–water partition coefficient (Wildman–Crippen LogP) is 1.98. The Morgan fingerprint density at radius 1 is 1.31 bits per heavy atom. The largest absolute Gasteiger partial charge is 0.476 e. The number of fused-ring (bicyclic) bond motifs is 1. The standard InChI is InChI=1S/C18H18N4O5S2/c1-21(11-16-19-17(20-27-16)15-8-5-9-28-15)18(23)14-10-22(29(2,24)25)12-6-3-4-7-13(12)26-14/h3-9,14H,10-11H2,1-2H3/t14-/m0/s1. The molecule has 0 radical (unpaired) electrons. The van der Waals surface area contributed by atoms with Gasteiger partial charge in [-0.15, -0.1) is 11.3 Å². The Hall–Kier alpha value is -2.92. The van der Waals surface area contributed by atoms with Crippen LogP contribution < -0.4 is 9.04 Å². The minimum atomic E-state index is -3.57. The van der Waals surface area contributed by atoms with Crippen LogP contribution in [-0.2, 0) is 21.4 Å². The summed E-state index contributed by atoms with van der Waals surface area (Å²) in [7, 11) is -1.99. The number of aromatic nitrogens is 2. The molecular weight excluding hydrogens is 416 g/mol. The first-order valence-corrected chi connectivity index (χ1v) is 11.4. The summed E-state index contributed by atoms with van der Waals surface area (Å²) in [6.45, 7) is -0.0269. The fraction of sp³-hybridized carbons (Fsp3) is 0.278. The van der Waals surface area contributed by atoms with Crippen molar-refractivity contribution in [3.05, 3.63) is 47.7 Å². The molecule has 1 aliphatic heterocycles. The van der Waals surface area contributed by atoms with Crippen molar-refractivity contribution in [3.63, 3.8) is 0 Å². The van der Waals surface area contributed by atoms with Gasteiger partial charge < -0.3 is 14.2 Å². The number of anilines is 1. The Kier molecular flexibility index (Phi) is 5.01. The third-order valence-electron chi connectivity index (χ3n) is 4.37. The number of hydrogen-bond acceptors (Lipinski definition) is 8. The van der Waals surface area contributed by atoms with Crippen LogP contribution in [0, 0.1) is 0 Å². The van der Waals surface area contributed by atoms with Crippen molar-refractivity contribution in [2.45, 2.75) is 12.6 Å². The van der Waals surface area contributed by atoms with Gasteiger partial charge in [-0.3, -0.25) is 9.10 Å². The number of carbonyl (C=O) groups excluding carboxylic acids is 1. The smallest absolute Gasteiger partial charge is 0.265 e. The van der Waals surface area contributed by atoms with Crippen molar-refractivity contribution < 1.29 is 22.5 Å². The predicted molar refractivity (Wildman–Crippen MR) is 107 cm³/mol. The third kappa shape index (κ3) is 3.96. The molecule has 0 aliphatic carbocycles. The number of hydrogen-bond donors (Lipinski definition) is 0. The highest BCUT2D eigenvalue weighted by atomic mass is 32.2. The lowest BCUT2D eigenvalue weighted by atomic mass is 10.2. The average Bonchev–Trinajstić information content (AvgIpc) is 3.37. The van der Waals surface area contributed by atoms with E-state index in [1.54, 1.807) is 31.3 Å². The molecule has 2 aromatic heterocycles. The van der Waals surface area contributed by atoms with E-state index in [0.717, 1.165) is 11.1 Å². The van der Waals surface area contributed by atoms with E-state index in [1.165, 1.54) is 20.5 Å². The molecule has 0 bridgehead atoms. The summed E-state index contributed by atoms with van der Waals surface area (Å²) in [6.07, 6.45) is 0.120. The second-order valence-electron chi connectivity index (χ2n) is 6.55. The molecule has 0 saturated heterocycles. The van der Waals surface area contributed by atoms with E-state index in [0.29, 0.717) is 17.3 Å². The van der Waals surface area contributed by atoms with Gasteiger partial charge in [0.1, 0.15) is 5.75 Å². The molecule has 0 saturated carbocycles. The monoisotopic (exact) mass is 434 g/mol. The summed E-state index contributed by atoms with van der Waals surface area (Å²) in [5, 5.41) is 5.83. The van der Waals surface area contributed by atoms with Gasteiger partial charge in [-0.05, 0) is 23.6 Å². The quantitative estimate of drug-likeness (QED) is 0.604. The van der Waals surface area contributed by atoms with Gasteiger partial charge in [-0.25, -0.2) is 8.42 Å². The summed E-state index contributed by atoms with van der Waals surface area (Å²) in [5.74, 6) is 0.695. The molecule has 1 atom stereocenters. The number of likely N-dealkylation sites (N-methyl/N-ethyl adjacent to an activating group) is 1. The van der Waals surface area contributed by atoms with E-state index in [4.69, 9.17) is 9.26 Å². The molecule has 1 aliphatic rings. The lowest BCUT2D eigenvalue weighted by molar-refractivity contribution is -0.138. The second-order valence-corrected chi connectivity index (χ2v) is 9.41. The number of nitrogens with zero attached hydrogens (tertiary/aromatic N) is 4. The molecule has 3 aromatic rings. The van der Waals surface area contributed by atoms with Crippen LogP contribution in [0.1, 0.15) is 5.89 Å². The van der Waals surface area contributed by atoms with Crippen molar-refractivity contribution in [2.75, 3.05) is 24.2 Å². The van der Waals surface area contributed by atoms with Crippen LogP contribution in [-0.4, -0.2) is 55.3 Å². The first kappa shape index (κ1) is 19.4. The highest BCUT2D eigenvalue weighted by Crippen LogP contribution is 2.35.